The van der Waals surface area contributed by atoms with Gasteiger partial charge in [-0.05, 0) is 30.7 Å². The SMILES string of the molecule is Cc1cc(OCC2(O)CCOCC2)ccc1C#N. The summed E-state index contributed by atoms with van der Waals surface area (Å²) in [6, 6.07) is 7.43. The molecule has 0 unspecified atom stereocenters. The van der Waals surface area contributed by atoms with Crippen LogP contribution in [0.4, 0.5) is 0 Å². The molecule has 0 spiro atoms. The number of aliphatic hydroxyl groups is 1. The lowest BCUT2D eigenvalue weighted by molar-refractivity contribution is -0.0855. The summed E-state index contributed by atoms with van der Waals surface area (Å²) in [5, 5.41) is 19.1. The molecular formula is C14H17NO3. The van der Waals surface area contributed by atoms with E-state index >= 15 is 0 Å². The third-order valence-electron chi connectivity index (χ3n) is 3.25. The fourth-order valence-electron chi connectivity index (χ4n) is 1.96. The Balaban J connectivity index is 1.98. The monoisotopic (exact) mass is 247 g/mol. The summed E-state index contributed by atoms with van der Waals surface area (Å²) in [4.78, 5) is 0. The molecule has 0 amide bonds. The van der Waals surface area contributed by atoms with Crippen LogP contribution in [-0.2, 0) is 4.74 Å². The molecule has 0 saturated carbocycles. The average Bonchev–Trinajstić information content (AvgIpc) is 2.38. The summed E-state index contributed by atoms with van der Waals surface area (Å²) in [5.74, 6) is 0.686. The van der Waals surface area contributed by atoms with Crippen molar-refractivity contribution in [1.82, 2.24) is 0 Å². The van der Waals surface area contributed by atoms with Crippen molar-refractivity contribution in [2.45, 2.75) is 25.4 Å². The van der Waals surface area contributed by atoms with Gasteiger partial charge in [-0.3, -0.25) is 0 Å². The zero-order valence-electron chi connectivity index (χ0n) is 10.5. The van der Waals surface area contributed by atoms with E-state index < -0.39 is 5.60 Å². The Morgan fingerprint density at radius 3 is 2.78 bits per heavy atom. The second-order valence-corrected chi connectivity index (χ2v) is 4.71. The summed E-state index contributed by atoms with van der Waals surface area (Å²) in [6.07, 6.45) is 1.20. The smallest absolute Gasteiger partial charge is 0.119 e. The second-order valence-electron chi connectivity index (χ2n) is 4.71. The van der Waals surface area contributed by atoms with Gasteiger partial charge in [-0.2, -0.15) is 5.26 Å². The highest BCUT2D eigenvalue weighted by Crippen LogP contribution is 2.23. The molecule has 4 nitrogen and oxygen atoms in total. The maximum Gasteiger partial charge on any atom is 0.119 e. The zero-order chi connectivity index (χ0) is 13.0. The van der Waals surface area contributed by atoms with Gasteiger partial charge in [-0.1, -0.05) is 0 Å². The van der Waals surface area contributed by atoms with Crippen LogP contribution in [0.5, 0.6) is 5.75 Å². The van der Waals surface area contributed by atoms with E-state index in [9.17, 15) is 5.11 Å². The molecule has 1 aromatic rings. The van der Waals surface area contributed by atoms with Crippen LogP contribution in [0.25, 0.3) is 0 Å². The van der Waals surface area contributed by atoms with E-state index in [0.29, 0.717) is 37.4 Å². The molecule has 0 aliphatic carbocycles. The highest BCUT2D eigenvalue weighted by Gasteiger charge is 2.30. The largest absolute Gasteiger partial charge is 0.491 e. The van der Waals surface area contributed by atoms with Gasteiger partial charge < -0.3 is 14.6 Å². The molecule has 1 heterocycles. The van der Waals surface area contributed by atoms with Crippen molar-refractivity contribution < 1.29 is 14.6 Å². The molecule has 4 heteroatoms. The molecule has 0 bridgehead atoms. The van der Waals surface area contributed by atoms with Crippen LogP contribution < -0.4 is 4.74 Å². The van der Waals surface area contributed by atoms with Crippen LogP contribution in [-0.4, -0.2) is 30.5 Å². The van der Waals surface area contributed by atoms with Gasteiger partial charge in [0.15, 0.2) is 0 Å². The molecule has 1 N–H and O–H groups in total. The molecule has 0 atom stereocenters. The topological polar surface area (TPSA) is 62.5 Å². The molecule has 2 rings (SSSR count). The summed E-state index contributed by atoms with van der Waals surface area (Å²) in [7, 11) is 0. The lowest BCUT2D eigenvalue weighted by Gasteiger charge is -2.31. The van der Waals surface area contributed by atoms with Crippen LogP contribution in [0.2, 0.25) is 0 Å². The summed E-state index contributed by atoms with van der Waals surface area (Å²) >= 11 is 0. The van der Waals surface area contributed by atoms with Crippen LogP contribution in [0.15, 0.2) is 18.2 Å². The predicted octanol–water partition coefficient (Wildman–Crippen LogP) is 1.79. The maximum atomic E-state index is 10.2. The second kappa shape index (κ2) is 5.38. The molecule has 1 fully saturated rings. The average molecular weight is 247 g/mol. The van der Waals surface area contributed by atoms with E-state index in [1.165, 1.54) is 0 Å². The first-order chi connectivity index (χ1) is 8.63. The van der Waals surface area contributed by atoms with Crippen molar-refractivity contribution in [3.63, 3.8) is 0 Å². The molecule has 18 heavy (non-hydrogen) atoms. The Kier molecular flexibility index (Phi) is 3.85. The van der Waals surface area contributed by atoms with Crippen molar-refractivity contribution in [2.75, 3.05) is 19.8 Å². The Morgan fingerprint density at radius 1 is 1.44 bits per heavy atom. The van der Waals surface area contributed by atoms with Gasteiger partial charge in [0.25, 0.3) is 0 Å². The molecule has 1 aromatic carbocycles. The Bertz CT molecular complexity index is 459. The van der Waals surface area contributed by atoms with Crippen LogP contribution in [0.3, 0.4) is 0 Å². The minimum atomic E-state index is -0.792. The predicted molar refractivity (Wildman–Crippen MR) is 66.4 cm³/mol. The quantitative estimate of drug-likeness (QED) is 0.884. The third kappa shape index (κ3) is 3.00. The molecular weight excluding hydrogens is 230 g/mol. The van der Waals surface area contributed by atoms with Crippen LogP contribution in [0, 0.1) is 18.3 Å². The molecule has 1 aliphatic heterocycles. The standard InChI is InChI=1S/C14H17NO3/c1-11-8-13(3-2-12(11)9-15)18-10-14(16)4-6-17-7-5-14/h2-3,8,16H,4-7,10H2,1H3. The number of hydrogen-bond donors (Lipinski definition) is 1. The highest BCUT2D eigenvalue weighted by atomic mass is 16.5. The van der Waals surface area contributed by atoms with E-state index in [1.807, 2.05) is 13.0 Å². The van der Waals surface area contributed by atoms with E-state index in [0.717, 1.165) is 5.56 Å². The Morgan fingerprint density at radius 2 is 2.17 bits per heavy atom. The molecule has 96 valence electrons. The molecule has 1 aliphatic rings. The van der Waals surface area contributed by atoms with Gasteiger partial charge in [0.2, 0.25) is 0 Å². The maximum absolute atomic E-state index is 10.2. The van der Waals surface area contributed by atoms with E-state index in [4.69, 9.17) is 14.7 Å². The fraction of sp³-hybridized carbons (Fsp3) is 0.500. The van der Waals surface area contributed by atoms with Gasteiger partial charge in [-0.25, -0.2) is 0 Å². The lowest BCUT2D eigenvalue weighted by Crippen LogP contribution is -2.41. The minimum Gasteiger partial charge on any atom is -0.491 e. The fourth-order valence-corrected chi connectivity index (χ4v) is 1.96. The first kappa shape index (κ1) is 12.9. The first-order valence-corrected chi connectivity index (χ1v) is 6.07. The minimum absolute atomic E-state index is 0.266. The molecule has 1 saturated heterocycles. The van der Waals surface area contributed by atoms with Crippen LogP contribution >= 0.6 is 0 Å². The number of benzene rings is 1. The summed E-state index contributed by atoms with van der Waals surface area (Å²) in [6.45, 7) is 3.29. The summed E-state index contributed by atoms with van der Waals surface area (Å²) in [5.41, 5.74) is 0.737. The van der Waals surface area contributed by atoms with Gasteiger partial charge in [-0.15, -0.1) is 0 Å². The van der Waals surface area contributed by atoms with Gasteiger partial charge in [0.05, 0.1) is 11.6 Å². The zero-order valence-corrected chi connectivity index (χ0v) is 10.5. The Hall–Kier alpha value is -1.57. The number of nitriles is 1. The van der Waals surface area contributed by atoms with Gasteiger partial charge in [0, 0.05) is 26.1 Å². The van der Waals surface area contributed by atoms with Crippen molar-refractivity contribution >= 4 is 0 Å². The van der Waals surface area contributed by atoms with Gasteiger partial charge in [0.1, 0.15) is 18.0 Å². The summed E-state index contributed by atoms with van der Waals surface area (Å²) < 4.78 is 10.8. The van der Waals surface area contributed by atoms with Crippen LogP contribution in [0.1, 0.15) is 24.0 Å². The van der Waals surface area contributed by atoms with E-state index in [1.54, 1.807) is 12.1 Å². The normalized spacial score (nSPS) is 18.1. The first-order valence-electron chi connectivity index (χ1n) is 6.07. The highest BCUT2D eigenvalue weighted by molar-refractivity contribution is 5.41. The third-order valence-corrected chi connectivity index (χ3v) is 3.25. The number of ether oxygens (including phenoxy) is 2. The van der Waals surface area contributed by atoms with Crippen molar-refractivity contribution in [2.24, 2.45) is 0 Å². The van der Waals surface area contributed by atoms with Crippen molar-refractivity contribution in [3.05, 3.63) is 29.3 Å². The number of rotatable bonds is 3. The number of nitrogens with zero attached hydrogens (tertiary/aromatic N) is 1. The molecule has 0 aromatic heterocycles. The lowest BCUT2D eigenvalue weighted by atomic mass is 9.96. The van der Waals surface area contributed by atoms with Crippen molar-refractivity contribution in [1.29, 1.82) is 5.26 Å². The van der Waals surface area contributed by atoms with E-state index in [-0.39, 0.29) is 6.61 Å². The molecule has 0 radical (unpaired) electrons. The van der Waals surface area contributed by atoms with E-state index in [2.05, 4.69) is 6.07 Å². The van der Waals surface area contributed by atoms with Gasteiger partial charge >= 0.3 is 0 Å². The Labute approximate surface area is 107 Å². The van der Waals surface area contributed by atoms with Crippen molar-refractivity contribution in [3.8, 4) is 11.8 Å². The number of hydrogen-bond acceptors (Lipinski definition) is 4. The number of aryl methyl sites for hydroxylation is 1.